The van der Waals surface area contributed by atoms with Gasteiger partial charge in [-0.25, -0.2) is 4.79 Å². The summed E-state index contributed by atoms with van der Waals surface area (Å²) in [6.07, 6.45) is 2.65. The maximum Gasteiger partial charge on any atom is 0.317 e. The smallest absolute Gasteiger partial charge is 0.317 e. The van der Waals surface area contributed by atoms with Gasteiger partial charge >= 0.3 is 6.03 Å². The molecule has 2 aliphatic heterocycles. The van der Waals surface area contributed by atoms with E-state index in [1.165, 1.54) is 11.1 Å². The molecule has 5 heteroatoms. The highest BCUT2D eigenvalue weighted by Crippen LogP contribution is 2.26. The summed E-state index contributed by atoms with van der Waals surface area (Å²) in [5.74, 6) is -0.185. The second kappa shape index (κ2) is 7.53. The molecule has 2 heterocycles. The van der Waals surface area contributed by atoms with Gasteiger partial charge in [-0.15, -0.1) is 0 Å². The lowest BCUT2D eigenvalue weighted by molar-refractivity contribution is -0.153. The molecular weight excluding hydrogens is 304 g/mol. The molecule has 0 aliphatic carbocycles. The first-order valence-corrected chi connectivity index (χ1v) is 8.93. The normalized spacial score (nSPS) is 21.0. The van der Waals surface area contributed by atoms with Gasteiger partial charge in [-0.2, -0.15) is 0 Å². The standard InChI is InChI=1S/C19H28N2O3/c1-15(13-19(2)23-11-12-24-19)14-20-18(22)21-9-7-16-5-3-4-6-17(16)8-10-21/h3-6,15H,7-14H2,1-2H3,(H,20,22)/t15-/m0/s1. The van der Waals surface area contributed by atoms with Gasteiger partial charge < -0.3 is 19.7 Å². The number of benzene rings is 1. The van der Waals surface area contributed by atoms with Crippen molar-refractivity contribution in [3.05, 3.63) is 35.4 Å². The molecule has 0 aromatic heterocycles. The van der Waals surface area contributed by atoms with E-state index in [0.717, 1.165) is 32.4 Å². The molecule has 0 unspecified atom stereocenters. The van der Waals surface area contributed by atoms with Crippen LogP contribution in [0.4, 0.5) is 4.79 Å². The van der Waals surface area contributed by atoms with E-state index in [0.29, 0.717) is 25.7 Å². The van der Waals surface area contributed by atoms with E-state index in [-0.39, 0.29) is 6.03 Å². The number of carbonyl (C=O) groups excluding carboxylic acids is 1. The fraction of sp³-hybridized carbons (Fsp3) is 0.632. The van der Waals surface area contributed by atoms with Crippen LogP contribution in [0.3, 0.4) is 0 Å². The van der Waals surface area contributed by atoms with Gasteiger partial charge in [0.1, 0.15) is 0 Å². The van der Waals surface area contributed by atoms with Crippen LogP contribution in [0.1, 0.15) is 31.4 Å². The van der Waals surface area contributed by atoms with Crippen LogP contribution in [0.2, 0.25) is 0 Å². The predicted octanol–water partition coefficient (Wildman–Crippen LogP) is 2.59. The molecule has 0 bridgehead atoms. The first kappa shape index (κ1) is 17.2. The molecule has 0 spiro atoms. The third-order valence-corrected chi connectivity index (χ3v) is 4.93. The van der Waals surface area contributed by atoms with Crippen LogP contribution in [0.25, 0.3) is 0 Å². The van der Waals surface area contributed by atoms with Crippen molar-refractivity contribution < 1.29 is 14.3 Å². The third kappa shape index (κ3) is 4.28. The highest BCUT2D eigenvalue weighted by atomic mass is 16.7. The van der Waals surface area contributed by atoms with Gasteiger partial charge in [0.15, 0.2) is 5.79 Å². The predicted molar refractivity (Wildman–Crippen MR) is 92.9 cm³/mol. The summed E-state index contributed by atoms with van der Waals surface area (Å²) in [7, 11) is 0. The van der Waals surface area contributed by atoms with Gasteiger partial charge in [-0.1, -0.05) is 31.2 Å². The van der Waals surface area contributed by atoms with Crippen LogP contribution in [-0.2, 0) is 22.3 Å². The second-order valence-corrected chi connectivity index (χ2v) is 7.08. The number of ether oxygens (including phenoxy) is 2. The number of nitrogens with one attached hydrogen (secondary N) is 1. The molecule has 2 aliphatic rings. The van der Waals surface area contributed by atoms with Crippen LogP contribution in [0, 0.1) is 5.92 Å². The van der Waals surface area contributed by atoms with Crippen molar-refractivity contribution in [3.63, 3.8) is 0 Å². The molecule has 1 atom stereocenters. The molecule has 5 nitrogen and oxygen atoms in total. The molecule has 24 heavy (non-hydrogen) atoms. The van der Waals surface area contributed by atoms with Gasteiger partial charge in [-0.05, 0) is 36.8 Å². The third-order valence-electron chi connectivity index (χ3n) is 4.93. The number of carbonyl (C=O) groups is 1. The van der Waals surface area contributed by atoms with Crippen LogP contribution in [0.15, 0.2) is 24.3 Å². The van der Waals surface area contributed by atoms with Crippen molar-refractivity contribution in [2.45, 2.75) is 38.9 Å². The zero-order chi connectivity index (χ0) is 17.0. The molecule has 1 N–H and O–H groups in total. The summed E-state index contributed by atoms with van der Waals surface area (Å²) in [6.45, 7) is 7.61. The van der Waals surface area contributed by atoms with E-state index < -0.39 is 5.79 Å². The Morgan fingerprint density at radius 1 is 1.21 bits per heavy atom. The van der Waals surface area contributed by atoms with Crippen molar-refractivity contribution >= 4 is 6.03 Å². The highest BCUT2D eigenvalue weighted by Gasteiger charge is 2.32. The molecule has 3 rings (SSSR count). The molecule has 0 saturated carbocycles. The van der Waals surface area contributed by atoms with E-state index in [9.17, 15) is 4.79 Å². The van der Waals surface area contributed by atoms with Gasteiger partial charge in [0, 0.05) is 26.1 Å². The van der Waals surface area contributed by atoms with Gasteiger partial charge in [0.2, 0.25) is 0 Å². The number of urea groups is 1. The van der Waals surface area contributed by atoms with E-state index in [1.54, 1.807) is 0 Å². The second-order valence-electron chi connectivity index (χ2n) is 7.08. The first-order valence-electron chi connectivity index (χ1n) is 8.93. The minimum Gasteiger partial charge on any atom is -0.348 e. The minimum absolute atomic E-state index is 0.0352. The number of amides is 2. The lowest BCUT2D eigenvalue weighted by Gasteiger charge is -2.27. The monoisotopic (exact) mass is 332 g/mol. The Kier molecular flexibility index (Phi) is 5.41. The number of hydrogen-bond donors (Lipinski definition) is 1. The topological polar surface area (TPSA) is 50.8 Å². The largest absolute Gasteiger partial charge is 0.348 e. The fourth-order valence-corrected chi connectivity index (χ4v) is 3.62. The fourth-order valence-electron chi connectivity index (χ4n) is 3.62. The number of rotatable bonds is 4. The minimum atomic E-state index is -0.492. The maximum atomic E-state index is 12.5. The van der Waals surface area contributed by atoms with Crippen molar-refractivity contribution in [1.29, 1.82) is 0 Å². The molecule has 1 saturated heterocycles. The summed E-state index contributed by atoms with van der Waals surface area (Å²) in [4.78, 5) is 14.4. The van der Waals surface area contributed by atoms with E-state index >= 15 is 0 Å². The molecule has 1 fully saturated rings. The lowest BCUT2D eigenvalue weighted by atomic mass is 10.0. The quantitative estimate of drug-likeness (QED) is 0.922. The SMILES string of the molecule is C[C@H](CNC(=O)N1CCc2ccccc2CC1)CC1(C)OCCO1. The van der Waals surface area contributed by atoms with Crippen LogP contribution in [0.5, 0.6) is 0 Å². The first-order chi connectivity index (χ1) is 11.6. The Labute approximate surface area is 144 Å². The summed E-state index contributed by atoms with van der Waals surface area (Å²) in [6, 6.07) is 8.52. The maximum absolute atomic E-state index is 12.5. The van der Waals surface area contributed by atoms with E-state index in [1.807, 2.05) is 11.8 Å². The van der Waals surface area contributed by atoms with Crippen molar-refractivity contribution in [2.75, 3.05) is 32.8 Å². The lowest BCUT2D eigenvalue weighted by Crippen LogP contribution is -2.43. The Morgan fingerprint density at radius 2 is 1.79 bits per heavy atom. The van der Waals surface area contributed by atoms with Crippen molar-refractivity contribution in [3.8, 4) is 0 Å². The number of fused-ring (bicyclic) bond motifs is 1. The zero-order valence-electron chi connectivity index (χ0n) is 14.7. The van der Waals surface area contributed by atoms with Crippen LogP contribution >= 0.6 is 0 Å². The van der Waals surface area contributed by atoms with Crippen LogP contribution in [-0.4, -0.2) is 49.6 Å². The summed E-state index contributed by atoms with van der Waals surface area (Å²) in [5, 5.41) is 3.07. The zero-order valence-corrected chi connectivity index (χ0v) is 14.7. The van der Waals surface area contributed by atoms with Crippen LogP contribution < -0.4 is 5.32 Å². The Bertz CT molecular complexity index is 542. The molecule has 2 amide bonds. The average Bonchev–Trinajstić information content (AvgIpc) is 2.87. The van der Waals surface area contributed by atoms with Gasteiger partial charge in [-0.3, -0.25) is 0 Å². The van der Waals surface area contributed by atoms with Gasteiger partial charge in [0.25, 0.3) is 0 Å². The van der Waals surface area contributed by atoms with E-state index in [4.69, 9.17) is 9.47 Å². The molecule has 132 valence electrons. The molecule has 1 aromatic carbocycles. The summed E-state index contributed by atoms with van der Waals surface area (Å²) < 4.78 is 11.3. The molecule has 0 radical (unpaired) electrons. The van der Waals surface area contributed by atoms with E-state index in [2.05, 4.69) is 36.5 Å². The Balaban J connectivity index is 1.45. The number of hydrogen-bond acceptors (Lipinski definition) is 3. The highest BCUT2D eigenvalue weighted by molar-refractivity contribution is 5.74. The van der Waals surface area contributed by atoms with Crippen molar-refractivity contribution in [1.82, 2.24) is 10.2 Å². The summed E-state index contributed by atoms with van der Waals surface area (Å²) >= 11 is 0. The number of nitrogens with zero attached hydrogens (tertiary/aromatic N) is 1. The Morgan fingerprint density at radius 3 is 2.38 bits per heavy atom. The summed E-state index contributed by atoms with van der Waals surface area (Å²) in [5.41, 5.74) is 2.73. The van der Waals surface area contributed by atoms with Crippen molar-refractivity contribution in [2.24, 2.45) is 5.92 Å². The molecule has 1 aromatic rings. The Hall–Kier alpha value is -1.59. The molecular formula is C19H28N2O3. The average molecular weight is 332 g/mol. The van der Waals surface area contributed by atoms with Gasteiger partial charge in [0.05, 0.1) is 13.2 Å².